The van der Waals surface area contributed by atoms with Crippen molar-refractivity contribution in [2.24, 2.45) is 0 Å². The number of hydrogen-bond donors (Lipinski definition) is 0. The number of para-hydroxylation sites is 1. The Bertz CT molecular complexity index is 1350. The van der Waals surface area contributed by atoms with Crippen molar-refractivity contribution in [3.8, 4) is 17.2 Å². The number of benzene rings is 3. The summed E-state index contributed by atoms with van der Waals surface area (Å²) in [6, 6.07) is 19.0. The number of ether oxygens (including phenoxy) is 3. The van der Waals surface area contributed by atoms with E-state index in [0.717, 1.165) is 16.7 Å². The molecule has 36 heavy (non-hydrogen) atoms. The molecule has 2 amide bonds. The van der Waals surface area contributed by atoms with Crippen LogP contribution in [-0.4, -0.2) is 42.3 Å². The Morgan fingerprint density at radius 2 is 1.78 bits per heavy atom. The highest BCUT2D eigenvalue weighted by molar-refractivity contribution is 14.1. The maximum absolute atomic E-state index is 12.9. The summed E-state index contributed by atoms with van der Waals surface area (Å²) in [7, 11) is 1.46. The fourth-order valence-electron chi connectivity index (χ4n) is 3.30. The van der Waals surface area contributed by atoms with Gasteiger partial charge in [-0.15, -0.1) is 0 Å². The van der Waals surface area contributed by atoms with Crippen molar-refractivity contribution in [3.05, 3.63) is 91.4 Å². The van der Waals surface area contributed by atoms with Crippen molar-refractivity contribution >= 4 is 69.1 Å². The van der Waals surface area contributed by atoms with Crippen LogP contribution in [-0.2, 0) is 4.79 Å². The van der Waals surface area contributed by atoms with Gasteiger partial charge >= 0.3 is 5.97 Å². The molecule has 0 N–H and O–H groups in total. The van der Waals surface area contributed by atoms with Crippen molar-refractivity contribution in [3.63, 3.8) is 0 Å². The number of nitrogens with zero attached hydrogens (tertiary/aromatic N) is 1. The van der Waals surface area contributed by atoms with Crippen LogP contribution >= 0.6 is 46.0 Å². The number of carbonyl (C=O) groups is 3. The highest BCUT2D eigenvalue weighted by atomic mass is 127. The van der Waals surface area contributed by atoms with Gasteiger partial charge in [-0.05, 0) is 82.4 Å². The molecule has 7 nitrogen and oxygen atoms in total. The third kappa shape index (κ3) is 6.03. The van der Waals surface area contributed by atoms with E-state index in [-0.39, 0.29) is 29.0 Å². The van der Waals surface area contributed by atoms with Gasteiger partial charge in [-0.1, -0.05) is 41.9 Å². The van der Waals surface area contributed by atoms with Crippen LogP contribution < -0.4 is 14.2 Å². The van der Waals surface area contributed by atoms with E-state index in [4.69, 9.17) is 25.8 Å². The average Bonchev–Trinajstić information content (AvgIpc) is 3.14. The van der Waals surface area contributed by atoms with E-state index in [0.29, 0.717) is 31.2 Å². The molecule has 1 heterocycles. The van der Waals surface area contributed by atoms with Crippen molar-refractivity contribution in [2.75, 3.05) is 20.3 Å². The quantitative estimate of drug-likeness (QED) is 0.125. The molecule has 0 bridgehead atoms. The number of rotatable bonds is 8. The minimum Gasteiger partial charge on any atom is -0.493 e. The van der Waals surface area contributed by atoms with E-state index in [1.807, 2.05) is 28.7 Å². The second kappa shape index (κ2) is 11.8. The van der Waals surface area contributed by atoms with Gasteiger partial charge in [-0.3, -0.25) is 14.5 Å². The summed E-state index contributed by atoms with van der Waals surface area (Å²) in [5.41, 5.74) is 1.03. The first-order chi connectivity index (χ1) is 17.4. The number of hydrogen-bond acceptors (Lipinski definition) is 7. The normalized spacial score (nSPS) is 14.3. The maximum Gasteiger partial charge on any atom is 0.343 e. The van der Waals surface area contributed by atoms with Gasteiger partial charge in [0.15, 0.2) is 11.5 Å². The predicted molar refractivity (Wildman–Crippen MR) is 147 cm³/mol. The summed E-state index contributed by atoms with van der Waals surface area (Å²) in [6.45, 7) is 0.199. The molecule has 1 saturated heterocycles. The predicted octanol–water partition coefficient (Wildman–Crippen LogP) is 6.29. The van der Waals surface area contributed by atoms with Crippen molar-refractivity contribution < 1.29 is 28.6 Å². The molecule has 4 rings (SSSR count). The second-order valence-corrected chi connectivity index (χ2v) is 9.96. The van der Waals surface area contributed by atoms with Gasteiger partial charge in [-0.2, -0.15) is 0 Å². The number of methoxy groups -OCH3 is 1. The smallest absolute Gasteiger partial charge is 0.343 e. The average molecular weight is 636 g/mol. The van der Waals surface area contributed by atoms with Crippen LogP contribution in [0.25, 0.3) is 6.08 Å². The van der Waals surface area contributed by atoms with Gasteiger partial charge in [0.2, 0.25) is 0 Å². The first-order valence-corrected chi connectivity index (χ1v) is 12.9. The van der Waals surface area contributed by atoms with Crippen LogP contribution in [0.1, 0.15) is 15.9 Å². The van der Waals surface area contributed by atoms with Crippen LogP contribution in [0.3, 0.4) is 0 Å². The number of esters is 1. The lowest BCUT2D eigenvalue weighted by atomic mass is 10.1. The van der Waals surface area contributed by atoms with E-state index in [9.17, 15) is 14.4 Å². The lowest BCUT2D eigenvalue weighted by Crippen LogP contribution is -2.32. The van der Waals surface area contributed by atoms with Crippen molar-refractivity contribution in [1.29, 1.82) is 0 Å². The summed E-state index contributed by atoms with van der Waals surface area (Å²) in [6.07, 6.45) is 1.60. The molecule has 0 unspecified atom stereocenters. The van der Waals surface area contributed by atoms with E-state index >= 15 is 0 Å². The monoisotopic (exact) mass is 635 g/mol. The Labute approximate surface area is 230 Å². The Kier molecular flexibility index (Phi) is 8.55. The molecule has 1 aliphatic rings. The molecule has 0 atom stereocenters. The molecule has 0 radical (unpaired) electrons. The minimum absolute atomic E-state index is 0.0858. The SMILES string of the molecule is COc1cc(/C=C2\SC(=O)N(CCOc3ccccc3Cl)C2=O)cc(I)c1OC(=O)c1ccccc1. The molecular weight excluding hydrogens is 617 g/mol. The topological polar surface area (TPSA) is 82.1 Å². The van der Waals surface area contributed by atoms with Gasteiger partial charge in [0.05, 0.1) is 32.7 Å². The Morgan fingerprint density at radius 1 is 1.06 bits per heavy atom. The minimum atomic E-state index is -0.514. The van der Waals surface area contributed by atoms with Gasteiger partial charge in [0.25, 0.3) is 11.1 Å². The Hall–Kier alpha value is -3.02. The molecular formula is C26H19ClINO6S. The second-order valence-electron chi connectivity index (χ2n) is 7.40. The Morgan fingerprint density at radius 3 is 2.50 bits per heavy atom. The summed E-state index contributed by atoms with van der Waals surface area (Å²) in [5, 5.41) is 0.0667. The molecule has 0 aliphatic carbocycles. The van der Waals surface area contributed by atoms with Gasteiger partial charge in [-0.25, -0.2) is 4.79 Å². The number of carbonyl (C=O) groups excluding carboxylic acids is 3. The number of thioether (sulfide) groups is 1. The zero-order valence-electron chi connectivity index (χ0n) is 18.9. The summed E-state index contributed by atoms with van der Waals surface area (Å²) in [4.78, 5) is 39.2. The van der Waals surface area contributed by atoms with Crippen molar-refractivity contribution in [2.45, 2.75) is 0 Å². The third-order valence-electron chi connectivity index (χ3n) is 5.04. The number of imide groups is 1. The number of halogens is 2. The van der Waals surface area contributed by atoms with Gasteiger partial charge < -0.3 is 14.2 Å². The zero-order chi connectivity index (χ0) is 25.7. The molecule has 10 heteroatoms. The van der Waals surface area contributed by atoms with Crippen LogP contribution in [0.15, 0.2) is 71.6 Å². The van der Waals surface area contributed by atoms with Crippen LogP contribution in [0.4, 0.5) is 4.79 Å². The van der Waals surface area contributed by atoms with Gasteiger partial charge in [0.1, 0.15) is 12.4 Å². The zero-order valence-corrected chi connectivity index (χ0v) is 22.6. The van der Waals surface area contributed by atoms with E-state index in [1.54, 1.807) is 66.7 Å². The number of amides is 2. The fraction of sp³-hybridized carbons (Fsp3) is 0.115. The van der Waals surface area contributed by atoms with E-state index < -0.39 is 11.9 Å². The third-order valence-corrected chi connectivity index (χ3v) is 7.06. The van der Waals surface area contributed by atoms with E-state index in [1.165, 1.54) is 7.11 Å². The highest BCUT2D eigenvalue weighted by Gasteiger charge is 2.35. The molecule has 0 saturated carbocycles. The van der Waals surface area contributed by atoms with Crippen LogP contribution in [0.2, 0.25) is 5.02 Å². The lowest BCUT2D eigenvalue weighted by molar-refractivity contribution is -0.123. The summed E-state index contributed by atoms with van der Waals surface area (Å²) < 4.78 is 17.2. The molecule has 0 spiro atoms. The van der Waals surface area contributed by atoms with Crippen molar-refractivity contribution in [1.82, 2.24) is 4.90 Å². The highest BCUT2D eigenvalue weighted by Crippen LogP contribution is 2.37. The van der Waals surface area contributed by atoms with Gasteiger partial charge in [0, 0.05) is 0 Å². The molecule has 0 aromatic heterocycles. The molecule has 1 fully saturated rings. The van der Waals surface area contributed by atoms with Crippen LogP contribution in [0.5, 0.6) is 17.2 Å². The standard InChI is InChI=1S/C26H19ClINO6S/c1-33-21-14-16(13-19(28)23(21)35-25(31)17-7-3-2-4-8-17)15-22-24(30)29(26(32)36-22)11-12-34-20-10-6-5-9-18(20)27/h2-10,13-15H,11-12H2,1H3/b22-15-. The largest absolute Gasteiger partial charge is 0.493 e. The first-order valence-electron chi connectivity index (χ1n) is 10.6. The maximum atomic E-state index is 12.9. The molecule has 3 aromatic rings. The molecule has 184 valence electrons. The first kappa shape index (κ1) is 26.1. The summed E-state index contributed by atoms with van der Waals surface area (Å²) in [5.74, 6) is 0.149. The molecule has 1 aliphatic heterocycles. The summed E-state index contributed by atoms with van der Waals surface area (Å²) >= 11 is 8.95. The Balaban J connectivity index is 1.47. The lowest BCUT2D eigenvalue weighted by Gasteiger charge is -2.14. The fourth-order valence-corrected chi connectivity index (χ4v) is 5.09. The molecule has 3 aromatic carbocycles. The van der Waals surface area contributed by atoms with Crippen LogP contribution in [0, 0.1) is 3.57 Å². The van der Waals surface area contributed by atoms with E-state index in [2.05, 4.69) is 0 Å².